The van der Waals surface area contributed by atoms with Crippen LogP contribution in [0.3, 0.4) is 0 Å². The molecule has 0 nitrogen and oxygen atoms in total. The fourth-order valence-corrected chi connectivity index (χ4v) is 1.41. The van der Waals surface area contributed by atoms with E-state index in [1.54, 1.807) is 6.07 Å². The summed E-state index contributed by atoms with van der Waals surface area (Å²) < 4.78 is 37.0. The maximum Gasteiger partial charge on any atom is 0.416 e. The summed E-state index contributed by atoms with van der Waals surface area (Å²) in [5.41, 5.74) is 0.347. The van der Waals surface area contributed by atoms with Crippen molar-refractivity contribution in [2.24, 2.45) is 0 Å². The van der Waals surface area contributed by atoms with Crippen molar-refractivity contribution in [3.05, 3.63) is 34.9 Å². The van der Waals surface area contributed by atoms with Gasteiger partial charge in [-0.3, -0.25) is 0 Å². The van der Waals surface area contributed by atoms with Gasteiger partial charge >= 0.3 is 6.18 Å². The minimum Gasteiger partial charge on any atom is -0.166 e. The van der Waals surface area contributed by atoms with Gasteiger partial charge in [0.05, 0.1) is 5.56 Å². The summed E-state index contributed by atoms with van der Waals surface area (Å²) in [5.74, 6) is 0. The van der Waals surface area contributed by atoms with Gasteiger partial charge in [0.25, 0.3) is 0 Å². The van der Waals surface area contributed by atoms with Crippen LogP contribution >= 0.6 is 15.9 Å². The molecule has 0 saturated carbocycles. The molecule has 0 amide bonds. The second kappa shape index (κ2) is 6.16. The van der Waals surface area contributed by atoms with Crippen LogP contribution < -0.4 is 0 Å². The number of halogens is 4. The maximum atomic E-state index is 12.3. The van der Waals surface area contributed by atoms with Crippen LogP contribution in [-0.4, -0.2) is 0 Å². The Morgan fingerprint density at radius 2 is 1.73 bits per heavy atom. The van der Waals surface area contributed by atoms with Gasteiger partial charge < -0.3 is 0 Å². The van der Waals surface area contributed by atoms with Crippen LogP contribution in [0.5, 0.6) is 0 Å². The van der Waals surface area contributed by atoms with E-state index in [1.807, 2.05) is 13.8 Å². The maximum absolute atomic E-state index is 12.3. The molecule has 0 aliphatic rings. The summed E-state index contributed by atoms with van der Waals surface area (Å²) in [6, 6.07) is 4.34. The molecular formula is C11H14BrF3. The number of hydrogen-bond donors (Lipinski definition) is 0. The fourth-order valence-electron chi connectivity index (χ4n) is 1.06. The Hall–Kier alpha value is -0.510. The normalized spacial score (nSPS) is 10.6. The van der Waals surface area contributed by atoms with E-state index >= 15 is 0 Å². The largest absolute Gasteiger partial charge is 0.416 e. The Bertz CT molecular complexity index is 305. The Balaban J connectivity index is 0.000000921. The van der Waals surface area contributed by atoms with E-state index in [9.17, 15) is 13.2 Å². The third-order valence-corrected chi connectivity index (χ3v) is 2.41. The highest BCUT2D eigenvalue weighted by Gasteiger charge is 2.32. The van der Waals surface area contributed by atoms with E-state index < -0.39 is 11.7 Å². The van der Waals surface area contributed by atoms with Gasteiger partial charge in [0, 0.05) is 5.33 Å². The van der Waals surface area contributed by atoms with Crippen LogP contribution in [0.15, 0.2) is 18.2 Å². The lowest BCUT2D eigenvalue weighted by Gasteiger charge is -2.10. The molecule has 0 aliphatic heterocycles. The van der Waals surface area contributed by atoms with Crippen molar-refractivity contribution in [1.82, 2.24) is 0 Å². The average molecular weight is 283 g/mol. The lowest BCUT2D eigenvalue weighted by molar-refractivity contribution is -0.138. The third-order valence-electron chi connectivity index (χ3n) is 1.76. The lowest BCUT2D eigenvalue weighted by Crippen LogP contribution is -2.07. The summed E-state index contributed by atoms with van der Waals surface area (Å²) in [6.07, 6.45) is -4.25. The van der Waals surface area contributed by atoms with E-state index in [2.05, 4.69) is 15.9 Å². The minimum absolute atomic E-state index is 0.261. The SMILES string of the molecule is CC.Cc1ccc(CBr)cc1C(F)(F)F. The van der Waals surface area contributed by atoms with Crippen molar-refractivity contribution < 1.29 is 13.2 Å². The molecule has 0 aromatic heterocycles. The van der Waals surface area contributed by atoms with Gasteiger partial charge in [0.15, 0.2) is 0 Å². The molecule has 0 bridgehead atoms. The van der Waals surface area contributed by atoms with Gasteiger partial charge in [-0.2, -0.15) is 13.2 Å². The molecule has 4 heteroatoms. The van der Waals surface area contributed by atoms with Crippen molar-refractivity contribution in [3.8, 4) is 0 Å². The Kier molecular flexibility index (Phi) is 5.95. The van der Waals surface area contributed by atoms with Crippen molar-refractivity contribution in [3.63, 3.8) is 0 Å². The van der Waals surface area contributed by atoms with E-state index in [4.69, 9.17) is 0 Å². The van der Waals surface area contributed by atoms with Crippen molar-refractivity contribution in [2.75, 3.05) is 0 Å². The smallest absolute Gasteiger partial charge is 0.166 e. The van der Waals surface area contributed by atoms with E-state index in [0.717, 1.165) is 0 Å². The third kappa shape index (κ3) is 4.24. The summed E-state index contributed by atoms with van der Waals surface area (Å²) in [5, 5.41) is 0.441. The van der Waals surface area contributed by atoms with Gasteiger partial charge in [0.2, 0.25) is 0 Å². The highest BCUT2D eigenvalue weighted by molar-refractivity contribution is 9.08. The zero-order valence-corrected chi connectivity index (χ0v) is 10.5. The molecule has 0 atom stereocenters. The summed E-state index contributed by atoms with van der Waals surface area (Å²) >= 11 is 3.12. The molecule has 1 aromatic rings. The molecule has 0 N–H and O–H groups in total. The van der Waals surface area contributed by atoms with Crippen LogP contribution in [0.2, 0.25) is 0 Å². The second-order valence-corrected chi connectivity index (χ2v) is 3.34. The molecule has 0 saturated heterocycles. The van der Waals surface area contributed by atoms with Gasteiger partial charge in [-0.05, 0) is 24.1 Å². The lowest BCUT2D eigenvalue weighted by atomic mass is 10.1. The van der Waals surface area contributed by atoms with Crippen LogP contribution in [0, 0.1) is 6.92 Å². The van der Waals surface area contributed by atoms with E-state index in [1.165, 1.54) is 19.1 Å². The molecule has 0 unspecified atom stereocenters. The Labute approximate surface area is 96.6 Å². The molecule has 1 aromatic carbocycles. The van der Waals surface area contributed by atoms with Crippen LogP contribution in [0.25, 0.3) is 0 Å². The first-order chi connectivity index (χ1) is 6.95. The van der Waals surface area contributed by atoms with Crippen molar-refractivity contribution in [1.29, 1.82) is 0 Å². The fraction of sp³-hybridized carbons (Fsp3) is 0.455. The number of alkyl halides is 4. The van der Waals surface area contributed by atoms with E-state index in [0.29, 0.717) is 10.9 Å². The molecule has 0 fully saturated rings. The first kappa shape index (κ1) is 14.5. The first-order valence-corrected chi connectivity index (χ1v) is 5.80. The first-order valence-electron chi connectivity index (χ1n) is 4.68. The predicted octanol–water partition coefficient (Wildman–Crippen LogP) is 4.93. The molecule has 15 heavy (non-hydrogen) atoms. The molecule has 0 radical (unpaired) electrons. The zero-order valence-electron chi connectivity index (χ0n) is 8.95. The van der Waals surface area contributed by atoms with Gasteiger partial charge in [-0.15, -0.1) is 0 Å². The highest BCUT2D eigenvalue weighted by atomic mass is 79.9. The summed E-state index contributed by atoms with van der Waals surface area (Å²) in [7, 11) is 0. The molecule has 0 spiro atoms. The second-order valence-electron chi connectivity index (χ2n) is 2.78. The minimum atomic E-state index is -4.25. The number of rotatable bonds is 1. The monoisotopic (exact) mass is 282 g/mol. The summed E-state index contributed by atoms with van der Waals surface area (Å²) in [4.78, 5) is 0. The quantitative estimate of drug-likeness (QED) is 0.641. The molecule has 0 heterocycles. The Morgan fingerprint density at radius 3 is 2.13 bits per heavy atom. The number of benzene rings is 1. The van der Waals surface area contributed by atoms with E-state index in [-0.39, 0.29) is 5.56 Å². The van der Waals surface area contributed by atoms with Gasteiger partial charge in [-0.25, -0.2) is 0 Å². The Morgan fingerprint density at radius 1 is 1.20 bits per heavy atom. The van der Waals surface area contributed by atoms with Crippen LogP contribution in [-0.2, 0) is 11.5 Å². The van der Waals surface area contributed by atoms with Gasteiger partial charge in [0.1, 0.15) is 0 Å². The van der Waals surface area contributed by atoms with Crippen molar-refractivity contribution >= 4 is 15.9 Å². The molecule has 0 aliphatic carbocycles. The standard InChI is InChI=1S/C9H8BrF3.C2H6/c1-6-2-3-7(5-10)4-8(6)9(11,12)13;1-2/h2-4H,5H2,1H3;1-2H3. The number of aryl methyl sites for hydroxylation is 1. The molecule has 1 rings (SSSR count). The highest BCUT2D eigenvalue weighted by Crippen LogP contribution is 2.32. The molecular weight excluding hydrogens is 269 g/mol. The number of hydrogen-bond acceptors (Lipinski definition) is 0. The van der Waals surface area contributed by atoms with Crippen LogP contribution in [0.4, 0.5) is 13.2 Å². The average Bonchev–Trinajstić information content (AvgIpc) is 2.20. The predicted molar refractivity (Wildman–Crippen MR) is 60.2 cm³/mol. The topological polar surface area (TPSA) is 0 Å². The van der Waals surface area contributed by atoms with Crippen molar-refractivity contribution in [2.45, 2.75) is 32.3 Å². The molecule has 86 valence electrons. The van der Waals surface area contributed by atoms with Gasteiger partial charge in [-0.1, -0.05) is 41.9 Å². The zero-order chi connectivity index (χ0) is 12.1. The van der Waals surface area contributed by atoms with Crippen LogP contribution in [0.1, 0.15) is 30.5 Å². The summed E-state index contributed by atoms with van der Waals surface area (Å²) in [6.45, 7) is 5.46.